The third-order valence-electron chi connectivity index (χ3n) is 4.43. The van der Waals surface area contributed by atoms with Crippen molar-refractivity contribution in [1.82, 2.24) is 4.90 Å². The third-order valence-corrected chi connectivity index (χ3v) is 6.57. The molecular weight excluding hydrogens is 416 g/mol. The Balaban J connectivity index is 0.00000280. The van der Waals surface area contributed by atoms with Crippen molar-refractivity contribution >= 4 is 52.4 Å². The second kappa shape index (κ2) is 10.9. The van der Waals surface area contributed by atoms with Crippen LogP contribution in [0.2, 0.25) is 0 Å². The first-order chi connectivity index (χ1) is 13.1. The molecule has 1 aromatic carbocycles. The zero-order chi connectivity index (χ0) is 19.2. The van der Waals surface area contributed by atoms with Gasteiger partial charge in [0, 0.05) is 22.9 Å². The Morgan fingerprint density at radius 2 is 2.00 bits per heavy atom. The number of hydrogen-bond acceptors (Lipinski definition) is 6. The molecule has 1 amide bonds. The van der Waals surface area contributed by atoms with Gasteiger partial charge in [0.05, 0.1) is 17.9 Å². The van der Waals surface area contributed by atoms with E-state index in [0.29, 0.717) is 22.9 Å². The summed E-state index contributed by atoms with van der Waals surface area (Å²) in [6.45, 7) is 6.96. The number of rotatable bonds is 7. The number of nitrogens with zero attached hydrogens (tertiary/aromatic N) is 1. The van der Waals surface area contributed by atoms with Gasteiger partial charge in [0.1, 0.15) is 5.00 Å². The molecule has 0 atom stereocenters. The number of hydrogen-bond donors (Lipinski definition) is 1. The number of halogens is 1. The fraction of sp³-hybridized carbons (Fsp3) is 0.400. The van der Waals surface area contributed by atoms with Crippen LogP contribution in [0.25, 0.3) is 0 Å². The van der Waals surface area contributed by atoms with Crippen LogP contribution in [-0.4, -0.2) is 42.2 Å². The van der Waals surface area contributed by atoms with E-state index >= 15 is 0 Å². The Bertz CT molecular complexity index is 811. The average molecular weight is 441 g/mol. The highest BCUT2D eigenvalue weighted by atomic mass is 35.5. The minimum atomic E-state index is -0.342. The van der Waals surface area contributed by atoms with Crippen molar-refractivity contribution in [3.63, 3.8) is 0 Å². The van der Waals surface area contributed by atoms with Gasteiger partial charge < -0.3 is 10.1 Å². The maximum atomic E-state index is 12.5. The normalized spacial score (nSPS) is 13.4. The molecule has 0 saturated carbocycles. The van der Waals surface area contributed by atoms with E-state index in [0.717, 1.165) is 41.4 Å². The van der Waals surface area contributed by atoms with E-state index in [-0.39, 0.29) is 24.3 Å². The molecule has 8 heteroatoms. The number of benzene rings is 1. The summed E-state index contributed by atoms with van der Waals surface area (Å²) in [4.78, 5) is 29.5. The van der Waals surface area contributed by atoms with Crippen LogP contribution in [0.1, 0.15) is 34.6 Å². The van der Waals surface area contributed by atoms with Crippen molar-refractivity contribution in [2.75, 3.05) is 30.8 Å². The summed E-state index contributed by atoms with van der Waals surface area (Å²) in [5.74, 6) is -0.151. The minimum absolute atomic E-state index is 0. The van der Waals surface area contributed by atoms with E-state index in [1.165, 1.54) is 23.1 Å². The predicted octanol–water partition coefficient (Wildman–Crippen LogP) is 4.46. The van der Waals surface area contributed by atoms with Crippen LogP contribution >= 0.6 is 35.5 Å². The van der Waals surface area contributed by atoms with Crippen molar-refractivity contribution in [3.05, 3.63) is 46.3 Å². The Kier molecular flexibility index (Phi) is 8.82. The Labute approximate surface area is 180 Å². The van der Waals surface area contributed by atoms with Crippen LogP contribution in [0.15, 0.2) is 35.2 Å². The monoisotopic (exact) mass is 440 g/mol. The highest BCUT2D eigenvalue weighted by Gasteiger charge is 2.29. The third kappa shape index (κ3) is 5.50. The summed E-state index contributed by atoms with van der Waals surface area (Å²) >= 11 is 2.98. The number of carbonyl (C=O) groups is 2. The Morgan fingerprint density at radius 3 is 2.68 bits per heavy atom. The smallest absolute Gasteiger partial charge is 0.341 e. The van der Waals surface area contributed by atoms with Crippen molar-refractivity contribution in [3.8, 4) is 0 Å². The number of ether oxygens (including phenoxy) is 1. The molecule has 1 aromatic heterocycles. The molecule has 0 unspecified atom stereocenters. The summed E-state index contributed by atoms with van der Waals surface area (Å²) in [6.07, 6.45) is 0.808. The molecule has 1 N–H and O–H groups in total. The second-order valence-electron chi connectivity index (χ2n) is 6.20. The molecule has 2 aromatic rings. The first-order valence-electron chi connectivity index (χ1n) is 9.14. The van der Waals surface area contributed by atoms with Crippen molar-refractivity contribution in [1.29, 1.82) is 0 Å². The second-order valence-corrected chi connectivity index (χ2v) is 8.35. The molecular formula is C20H25ClN2O3S2. The van der Waals surface area contributed by atoms with Gasteiger partial charge in [-0.3, -0.25) is 9.69 Å². The van der Waals surface area contributed by atoms with E-state index in [1.54, 1.807) is 6.92 Å². The Hall–Kier alpha value is -1.54. The summed E-state index contributed by atoms with van der Waals surface area (Å²) < 4.78 is 5.25. The number of thiophene rings is 1. The zero-order valence-electron chi connectivity index (χ0n) is 16.0. The van der Waals surface area contributed by atoms with Crippen molar-refractivity contribution < 1.29 is 14.3 Å². The maximum Gasteiger partial charge on any atom is 0.341 e. The number of nitrogens with one attached hydrogen (secondary N) is 1. The molecule has 28 heavy (non-hydrogen) atoms. The van der Waals surface area contributed by atoms with Crippen molar-refractivity contribution in [2.45, 2.75) is 31.7 Å². The van der Waals surface area contributed by atoms with Crippen LogP contribution in [-0.2, 0) is 22.5 Å². The molecule has 1 aliphatic rings. The average Bonchev–Trinajstić information content (AvgIpc) is 3.04. The van der Waals surface area contributed by atoms with Gasteiger partial charge in [-0.1, -0.05) is 25.1 Å². The van der Waals surface area contributed by atoms with Crippen LogP contribution in [0, 0.1) is 0 Å². The molecule has 0 fully saturated rings. The fourth-order valence-electron chi connectivity index (χ4n) is 3.06. The fourth-order valence-corrected chi connectivity index (χ4v) is 5.08. The number of carbonyl (C=O) groups excluding carboxylic acids is 2. The largest absolute Gasteiger partial charge is 0.462 e. The van der Waals surface area contributed by atoms with E-state index < -0.39 is 0 Å². The maximum absolute atomic E-state index is 12.5. The number of esters is 1. The van der Waals surface area contributed by atoms with Crippen LogP contribution in [0.3, 0.4) is 0 Å². The molecule has 0 saturated heterocycles. The van der Waals surface area contributed by atoms with Gasteiger partial charge in [-0.05, 0) is 37.6 Å². The highest BCUT2D eigenvalue weighted by Crippen LogP contribution is 2.37. The number of thioether (sulfide) groups is 1. The molecule has 152 valence electrons. The first kappa shape index (κ1) is 22.7. The molecule has 0 radical (unpaired) electrons. The lowest BCUT2D eigenvalue weighted by atomic mass is 10.0. The van der Waals surface area contributed by atoms with Crippen LogP contribution < -0.4 is 5.32 Å². The number of likely N-dealkylation sites (N-methyl/N-ethyl adjacent to an activating group) is 1. The SMILES string of the molecule is CCOC(=O)c1c(NC(=O)CSc2ccccc2)sc2c1CCN(CC)C2.Cl. The molecule has 5 nitrogen and oxygen atoms in total. The van der Waals surface area contributed by atoms with Gasteiger partial charge in [-0.25, -0.2) is 4.79 Å². The lowest BCUT2D eigenvalue weighted by Gasteiger charge is -2.25. The lowest BCUT2D eigenvalue weighted by molar-refractivity contribution is -0.113. The van der Waals surface area contributed by atoms with E-state index in [2.05, 4.69) is 17.1 Å². The summed E-state index contributed by atoms with van der Waals surface area (Å²) in [6, 6.07) is 9.81. The van der Waals surface area contributed by atoms with E-state index in [9.17, 15) is 9.59 Å². The minimum Gasteiger partial charge on any atom is -0.462 e. The standard InChI is InChI=1S/C20H24N2O3S2.ClH/c1-3-22-11-10-15-16(12-22)27-19(18(15)20(24)25-4-2)21-17(23)13-26-14-8-6-5-7-9-14;/h5-9H,3-4,10-13H2,1-2H3,(H,21,23);1H. The van der Waals surface area contributed by atoms with Crippen LogP contribution in [0.4, 0.5) is 5.00 Å². The van der Waals surface area contributed by atoms with E-state index in [1.807, 2.05) is 30.3 Å². The molecule has 0 aliphatic carbocycles. The first-order valence-corrected chi connectivity index (χ1v) is 10.9. The molecule has 0 spiro atoms. The predicted molar refractivity (Wildman–Crippen MR) is 118 cm³/mol. The van der Waals surface area contributed by atoms with Crippen molar-refractivity contribution in [2.24, 2.45) is 0 Å². The zero-order valence-corrected chi connectivity index (χ0v) is 18.5. The molecule has 2 heterocycles. The summed E-state index contributed by atoms with van der Waals surface area (Å²) in [5.41, 5.74) is 1.58. The molecule has 3 rings (SSSR count). The topological polar surface area (TPSA) is 58.6 Å². The van der Waals surface area contributed by atoms with Gasteiger partial charge >= 0.3 is 5.97 Å². The van der Waals surface area contributed by atoms with Gasteiger partial charge in [0.15, 0.2) is 0 Å². The van der Waals surface area contributed by atoms with Gasteiger partial charge in [-0.2, -0.15) is 0 Å². The Morgan fingerprint density at radius 1 is 1.25 bits per heavy atom. The number of amides is 1. The molecule has 0 bridgehead atoms. The lowest BCUT2D eigenvalue weighted by Crippen LogP contribution is -2.30. The number of anilines is 1. The van der Waals surface area contributed by atoms with Gasteiger partial charge in [-0.15, -0.1) is 35.5 Å². The van der Waals surface area contributed by atoms with E-state index in [4.69, 9.17) is 4.74 Å². The van der Waals surface area contributed by atoms with Gasteiger partial charge in [0.2, 0.25) is 5.91 Å². The summed E-state index contributed by atoms with van der Waals surface area (Å²) in [5, 5.41) is 3.57. The number of fused-ring (bicyclic) bond motifs is 1. The summed E-state index contributed by atoms with van der Waals surface area (Å²) in [7, 11) is 0. The molecule has 1 aliphatic heterocycles. The van der Waals surface area contributed by atoms with Gasteiger partial charge in [0.25, 0.3) is 0 Å². The highest BCUT2D eigenvalue weighted by molar-refractivity contribution is 8.00. The van der Waals surface area contributed by atoms with Crippen LogP contribution in [0.5, 0.6) is 0 Å². The quantitative estimate of drug-likeness (QED) is 0.509.